The molecule has 3 heteroatoms. The van der Waals surface area contributed by atoms with Crippen LogP contribution in [0.4, 0.5) is 34.1 Å². The van der Waals surface area contributed by atoms with Crippen molar-refractivity contribution in [1.29, 1.82) is 0 Å². The molecule has 0 N–H and O–H groups in total. The molecule has 0 fully saturated rings. The van der Waals surface area contributed by atoms with Crippen LogP contribution >= 0.6 is 0 Å². The van der Waals surface area contributed by atoms with Crippen LogP contribution in [0.25, 0.3) is 55.0 Å². The molecule has 3 nitrogen and oxygen atoms in total. The average Bonchev–Trinajstić information content (AvgIpc) is 3.97. The van der Waals surface area contributed by atoms with Crippen LogP contribution in [0.15, 0.2) is 235 Å². The zero-order valence-electron chi connectivity index (χ0n) is 33.7. The van der Waals surface area contributed by atoms with E-state index in [1.165, 1.54) is 55.3 Å². The fourth-order valence-electron chi connectivity index (χ4n) is 10.7. The highest BCUT2D eigenvalue weighted by molar-refractivity contribution is 6.08. The fraction of sp³-hybridized carbons (Fsp3) is 0.0169. The Kier molecular flexibility index (Phi) is 7.52. The van der Waals surface area contributed by atoms with Crippen LogP contribution < -0.4 is 9.80 Å². The van der Waals surface area contributed by atoms with Gasteiger partial charge in [0.25, 0.3) is 0 Å². The van der Waals surface area contributed by atoms with E-state index in [0.29, 0.717) is 0 Å². The van der Waals surface area contributed by atoms with Crippen LogP contribution in [0, 0.1) is 0 Å². The number of hydrogen-bond acceptors (Lipinski definition) is 3. The molecule has 62 heavy (non-hydrogen) atoms. The van der Waals surface area contributed by atoms with Gasteiger partial charge >= 0.3 is 0 Å². The van der Waals surface area contributed by atoms with E-state index in [2.05, 4.69) is 228 Å². The quantitative estimate of drug-likeness (QED) is 0.167. The molecule has 0 bridgehead atoms. The molecule has 0 amide bonds. The van der Waals surface area contributed by atoms with Gasteiger partial charge in [-0.15, -0.1) is 0 Å². The van der Waals surface area contributed by atoms with E-state index in [1.54, 1.807) is 0 Å². The van der Waals surface area contributed by atoms with Gasteiger partial charge in [-0.05, 0) is 117 Å². The number of nitrogens with zero attached hydrogens (tertiary/aromatic N) is 2. The molecule has 0 saturated heterocycles. The van der Waals surface area contributed by atoms with Gasteiger partial charge in [0.2, 0.25) is 0 Å². The van der Waals surface area contributed by atoms with Crippen molar-refractivity contribution in [1.82, 2.24) is 0 Å². The van der Waals surface area contributed by atoms with Crippen molar-refractivity contribution in [2.75, 3.05) is 9.80 Å². The number of rotatable bonds is 6. The number of hydrogen-bond donors (Lipinski definition) is 0. The van der Waals surface area contributed by atoms with Gasteiger partial charge in [-0.1, -0.05) is 158 Å². The maximum Gasteiger partial charge on any atom is 0.135 e. The second-order valence-corrected chi connectivity index (χ2v) is 16.4. The van der Waals surface area contributed by atoms with E-state index in [1.807, 2.05) is 12.1 Å². The Labute approximate surface area is 360 Å². The number of fused-ring (bicyclic) bond motifs is 14. The molecule has 11 aromatic rings. The van der Waals surface area contributed by atoms with Gasteiger partial charge in [-0.2, -0.15) is 0 Å². The third-order valence-corrected chi connectivity index (χ3v) is 13.2. The molecule has 1 aromatic heterocycles. The summed E-state index contributed by atoms with van der Waals surface area (Å²) in [5, 5.41) is 4.64. The van der Waals surface area contributed by atoms with Gasteiger partial charge in [0.05, 0.1) is 16.8 Å². The van der Waals surface area contributed by atoms with E-state index in [0.717, 1.165) is 56.1 Å². The molecule has 13 rings (SSSR count). The van der Waals surface area contributed by atoms with Crippen molar-refractivity contribution in [2.24, 2.45) is 0 Å². The van der Waals surface area contributed by atoms with Crippen molar-refractivity contribution < 1.29 is 4.42 Å². The summed E-state index contributed by atoms with van der Waals surface area (Å²) in [5.74, 6) is 0. The molecule has 0 aliphatic heterocycles. The standard InChI is InChI=1S/C59H38N2O/c1-3-19-40(20-4-1)60(42-34-36-57-49(37-42)47-25-11-14-32-56(47)62-57)43-33-35-46-45-24-9-12-27-50(45)59(53(46)38-43)51-28-13-10-26-48(51)58-52(59)29-16-31-55(58)61(41-21-5-2-6-22-41)54-30-15-18-39-17-7-8-23-44(39)54/h1-38H. The smallest absolute Gasteiger partial charge is 0.135 e. The van der Waals surface area contributed by atoms with E-state index in [-0.39, 0.29) is 0 Å². The Hall–Kier alpha value is -8.14. The van der Waals surface area contributed by atoms with Crippen LogP contribution in [-0.4, -0.2) is 0 Å². The number of para-hydroxylation sites is 3. The largest absolute Gasteiger partial charge is 0.456 e. The second-order valence-electron chi connectivity index (χ2n) is 16.4. The minimum atomic E-state index is -0.571. The number of furan rings is 1. The normalized spacial score (nSPS) is 14.5. The first-order chi connectivity index (χ1) is 30.8. The summed E-state index contributed by atoms with van der Waals surface area (Å²) in [4.78, 5) is 4.87. The van der Waals surface area contributed by atoms with Crippen LogP contribution in [0.2, 0.25) is 0 Å². The molecule has 1 heterocycles. The second kappa shape index (κ2) is 13.4. The summed E-state index contributed by atoms with van der Waals surface area (Å²) in [5.41, 5.74) is 18.1. The van der Waals surface area contributed by atoms with Crippen LogP contribution in [0.1, 0.15) is 22.3 Å². The van der Waals surface area contributed by atoms with Crippen molar-refractivity contribution >= 4 is 66.8 Å². The van der Waals surface area contributed by atoms with Gasteiger partial charge in [-0.3, -0.25) is 0 Å². The maximum absolute atomic E-state index is 6.31. The first-order valence-corrected chi connectivity index (χ1v) is 21.3. The Morgan fingerprint density at radius 1 is 0.306 bits per heavy atom. The molecule has 0 radical (unpaired) electrons. The zero-order valence-corrected chi connectivity index (χ0v) is 33.7. The zero-order chi connectivity index (χ0) is 40.8. The summed E-state index contributed by atoms with van der Waals surface area (Å²) in [6.45, 7) is 0. The minimum absolute atomic E-state index is 0.571. The Balaban J connectivity index is 1.08. The maximum atomic E-state index is 6.31. The number of benzene rings is 10. The van der Waals surface area contributed by atoms with E-state index >= 15 is 0 Å². The topological polar surface area (TPSA) is 19.6 Å². The molecule has 1 unspecified atom stereocenters. The van der Waals surface area contributed by atoms with Gasteiger partial charge in [0.15, 0.2) is 0 Å². The Morgan fingerprint density at radius 3 is 1.68 bits per heavy atom. The molecular weight excluding hydrogens is 753 g/mol. The first kappa shape index (κ1) is 34.7. The Bertz CT molecular complexity index is 3550. The summed E-state index contributed by atoms with van der Waals surface area (Å²) >= 11 is 0. The van der Waals surface area contributed by atoms with Gasteiger partial charge < -0.3 is 14.2 Å². The van der Waals surface area contributed by atoms with Gasteiger partial charge in [-0.25, -0.2) is 0 Å². The lowest BCUT2D eigenvalue weighted by atomic mass is 9.70. The van der Waals surface area contributed by atoms with E-state index in [4.69, 9.17) is 4.42 Å². The van der Waals surface area contributed by atoms with E-state index < -0.39 is 5.41 Å². The monoisotopic (exact) mass is 790 g/mol. The number of anilines is 6. The molecule has 2 aliphatic carbocycles. The lowest BCUT2D eigenvalue weighted by Crippen LogP contribution is -2.26. The lowest BCUT2D eigenvalue weighted by Gasteiger charge is -2.33. The third kappa shape index (κ3) is 4.88. The predicted molar refractivity (Wildman–Crippen MR) is 257 cm³/mol. The highest BCUT2D eigenvalue weighted by Crippen LogP contribution is 2.65. The summed E-state index contributed by atoms with van der Waals surface area (Å²) in [7, 11) is 0. The summed E-state index contributed by atoms with van der Waals surface area (Å²) in [6.07, 6.45) is 0. The van der Waals surface area contributed by atoms with Gasteiger partial charge in [0.1, 0.15) is 11.2 Å². The average molecular weight is 791 g/mol. The van der Waals surface area contributed by atoms with Crippen molar-refractivity contribution in [2.45, 2.75) is 5.41 Å². The third-order valence-electron chi connectivity index (χ3n) is 13.2. The molecule has 290 valence electrons. The molecule has 10 aromatic carbocycles. The molecule has 1 spiro atoms. The first-order valence-electron chi connectivity index (χ1n) is 21.3. The summed E-state index contributed by atoms with van der Waals surface area (Å²) in [6, 6.07) is 84.2. The minimum Gasteiger partial charge on any atom is -0.456 e. The van der Waals surface area contributed by atoms with Crippen LogP contribution in [-0.2, 0) is 5.41 Å². The molecule has 0 saturated carbocycles. The van der Waals surface area contributed by atoms with Crippen LogP contribution in [0.3, 0.4) is 0 Å². The molecule has 1 atom stereocenters. The van der Waals surface area contributed by atoms with Crippen molar-refractivity contribution in [3.05, 3.63) is 253 Å². The lowest BCUT2D eigenvalue weighted by molar-refractivity contribution is 0.669. The summed E-state index contributed by atoms with van der Waals surface area (Å²) < 4.78 is 6.31. The SMILES string of the molecule is c1ccc(N(c2ccc3c(c2)C2(c4ccccc4-3)c3ccccc3-c3c(N(c4ccccc4)c4cccc5ccccc45)cccc32)c2ccc3oc4ccccc4c3c2)cc1. The Morgan fingerprint density at radius 2 is 0.855 bits per heavy atom. The van der Waals surface area contributed by atoms with Crippen molar-refractivity contribution in [3.63, 3.8) is 0 Å². The van der Waals surface area contributed by atoms with Crippen molar-refractivity contribution in [3.8, 4) is 22.3 Å². The molecular formula is C59H38N2O. The van der Waals surface area contributed by atoms with Gasteiger partial charge in [0, 0.05) is 44.5 Å². The molecule has 2 aliphatic rings. The highest BCUT2D eigenvalue weighted by Gasteiger charge is 2.52. The highest BCUT2D eigenvalue weighted by atomic mass is 16.3. The fourth-order valence-corrected chi connectivity index (χ4v) is 10.7. The van der Waals surface area contributed by atoms with E-state index in [9.17, 15) is 0 Å². The predicted octanol–water partition coefficient (Wildman–Crippen LogP) is 16.0. The van der Waals surface area contributed by atoms with Crippen LogP contribution in [0.5, 0.6) is 0 Å².